The van der Waals surface area contributed by atoms with E-state index in [0.717, 1.165) is 25.4 Å². The summed E-state index contributed by atoms with van der Waals surface area (Å²) in [5.74, 6) is -1.32. The van der Waals surface area contributed by atoms with E-state index in [4.69, 9.17) is 0 Å². The monoisotopic (exact) mass is 349 g/mol. The van der Waals surface area contributed by atoms with Gasteiger partial charge in [-0.3, -0.25) is 4.98 Å². The number of aryl methyl sites for hydroxylation is 1. The van der Waals surface area contributed by atoms with E-state index in [0.29, 0.717) is 5.56 Å². The maximum atomic E-state index is 12.5. The standard InChI is InChI=1S/C13H10F3NO5S/c1-7-5-8(12(18)21-2)6-9-10(3-4-17-11(7)9)22-23(19,20)13(14,15)16/h3-6H,1-2H3. The van der Waals surface area contributed by atoms with Crippen molar-refractivity contribution in [3.63, 3.8) is 0 Å². The second-order valence-electron chi connectivity index (χ2n) is 4.47. The van der Waals surface area contributed by atoms with Gasteiger partial charge in [0.2, 0.25) is 0 Å². The average Bonchev–Trinajstić information content (AvgIpc) is 2.45. The van der Waals surface area contributed by atoms with Crippen LogP contribution in [0.5, 0.6) is 5.75 Å². The zero-order valence-corrected chi connectivity index (χ0v) is 12.7. The van der Waals surface area contributed by atoms with E-state index in [1.165, 1.54) is 6.07 Å². The highest BCUT2D eigenvalue weighted by Gasteiger charge is 2.48. The smallest absolute Gasteiger partial charge is 0.465 e. The number of halogens is 3. The fourth-order valence-electron chi connectivity index (χ4n) is 1.88. The Hall–Kier alpha value is -2.36. The molecule has 0 N–H and O–H groups in total. The van der Waals surface area contributed by atoms with Gasteiger partial charge < -0.3 is 8.92 Å². The molecule has 2 aromatic rings. The number of fused-ring (bicyclic) bond motifs is 1. The van der Waals surface area contributed by atoms with Crippen LogP contribution in [0.4, 0.5) is 13.2 Å². The zero-order chi connectivity index (χ0) is 17.4. The molecule has 1 aromatic heterocycles. The number of benzene rings is 1. The number of hydrogen-bond acceptors (Lipinski definition) is 6. The van der Waals surface area contributed by atoms with Crippen molar-refractivity contribution in [1.82, 2.24) is 4.98 Å². The van der Waals surface area contributed by atoms with Gasteiger partial charge in [0.15, 0.2) is 5.75 Å². The third kappa shape index (κ3) is 3.21. The topological polar surface area (TPSA) is 82.6 Å². The number of methoxy groups -OCH3 is 1. The van der Waals surface area contributed by atoms with Gasteiger partial charge in [0.1, 0.15) is 0 Å². The molecule has 0 unspecified atom stereocenters. The van der Waals surface area contributed by atoms with Crippen molar-refractivity contribution in [1.29, 1.82) is 0 Å². The van der Waals surface area contributed by atoms with E-state index in [1.807, 2.05) is 0 Å². The number of rotatable bonds is 3. The molecule has 2 rings (SSSR count). The number of esters is 1. The Balaban J connectivity index is 2.66. The Kier molecular flexibility index (Phi) is 4.20. The van der Waals surface area contributed by atoms with Crippen LogP contribution in [-0.4, -0.2) is 32.0 Å². The minimum atomic E-state index is -5.84. The molecule has 0 saturated heterocycles. The Morgan fingerprint density at radius 2 is 1.91 bits per heavy atom. The summed E-state index contributed by atoms with van der Waals surface area (Å²) in [6.45, 7) is 1.56. The molecule has 0 aliphatic rings. The lowest BCUT2D eigenvalue weighted by atomic mass is 10.1. The molecule has 10 heteroatoms. The Morgan fingerprint density at radius 1 is 1.26 bits per heavy atom. The molecule has 1 heterocycles. The third-order valence-electron chi connectivity index (χ3n) is 2.90. The molecular formula is C13H10F3NO5S. The van der Waals surface area contributed by atoms with Crippen LogP contribution in [0.1, 0.15) is 15.9 Å². The summed E-state index contributed by atoms with van der Waals surface area (Å²) in [6, 6.07) is 3.54. The van der Waals surface area contributed by atoms with Crippen LogP contribution in [0.3, 0.4) is 0 Å². The van der Waals surface area contributed by atoms with Crippen molar-refractivity contribution >= 4 is 27.0 Å². The molecule has 1 aromatic carbocycles. The van der Waals surface area contributed by atoms with Crippen molar-refractivity contribution < 1.29 is 35.3 Å². The van der Waals surface area contributed by atoms with E-state index < -0.39 is 27.3 Å². The summed E-state index contributed by atoms with van der Waals surface area (Å²) in [4.78, 5) is 15.5. The molecule has 124 valence electrons. The largest absolute Gasteiger partial charge is 0.534 e. The van der Waals surface area contributed by atoms with Gasteiger partial charge in [0, 0.05) is 17.6 Å². The second-order valence-corrected chi connectivity index (χ2v) is 6.01. The van der Waals surface area contributed by atoms with Crippen LogP contribution in [0.25, 0.3) is 10.9 Å². The first kappa shape index (κ1) is 17.0. The van der Waals surface area contributed by atoms with Crippen molar-refractivity contribution in [2.24, 2.45) is 0 Å². The minimum absolute atomic E-state index is 0.0276. The molecule has 6 nitrogen and oxygen atoms in total. The van der Waals surface area contributed by atoms with Crippen LogP contribution >= 0.6 is 0 Å². The Morgan fingerprint density at radius 3 is 2.48 bits per heavy atom. The first-order valence-electron chi connectivity index (χ1n) is 6.05. The SMILES string of the molecule is COC(=O)c1cc(C)c2nccc(OS(=O)(=O)C(F)(F)F)c2c1. The maximum absolute atomic E-state index is 12.5. The lowest BCUT2D eigenvalue weighted by molar-refractivity contribution is -0.0499. The Bertz CT molecular complexity index is 877. The summed E-state index contributed by atoms with van der Waals surface area (Å²) < 4.78 is 68.4. The number of ether oxygens (including phenoxy) is 1. The lowest BCUT2D eigenvalue weighted by Gasteiger charge is -2.12. The first-order chi connectivity index (χ1) is 10.6. The molecule has 0 aliphatic carbocycles. The van der Waals surface area contributed by atoms with Crippen molar-refractivity contribution in [2.75, 3.05) is 7.11 Å². The maximum Gasteiger partial charge on any atom is 0.534 e. The summed E-state index contributed by atoms with van der Waals surface area (Å²) in [5.41, 5.74) is -4.90. The predicted molar refractivity (Wildman–Crippen MR) is 73.4 cm³/mol. The van der Waals surface area contributed by atoms with Crippen LogP contribution in [0.2, 0.25) is 0 Å². The molecule has 0 bridgehead atoms. The number of nitrogens with zero attached hydrogens (tertiary/aromatic N) is 1. The Labute approximate surface area is 129 Å². The molecule has 0 atom stereocenters. The predicted octanol–water partition coefficient (Wildman–Crippen LogP) is 2.56. The quantitative estimate of drug-likeness (QED) is 0.481. The van der Waals surface area contributed by atoms with E-state index in [-0.39, 0.29) is 16.5 Å². The molecular weight excluding hydrogens is 339 g/mol. The number of pyridine rings is 1. The van der Waals surface area contributed by atoms with Crippen LogP contribution in [-0.2, 0) is 14.9 Å². The fraction of sp³-hybridized carbons (Fsp3) is 0.231. The number of carbonyl (C=O) groups excluding carboxylic acids is 1. The first-order valence-corrected chi connectivity index (χ1v) is 7.46. The minimum Gasteiger partial charge on any atom is -0.465 e. The summed E-state index contributed by atoms with van der Waals surface area (Å²) in [6.07, 6.45) is 1.11. The van der Waals surface area contributed by atoms with Gasteiger partial charge >= 0.3 is 21.6 Å². The molecule has 0 radical (unpaired) electrons. The third-order valence-corrected chi connectivity index (χ3v) is 3.87. The van der Waals surface area contributed by atoms with E-state index in [9.17, 15) is 26.4 Å². The number of alkyl halides is 3. The zero-order valence-electron chi connectivity index (χ0n) is 11.8. The van der Waals surface area contributed by atoms with Gasteiger partial charge in [-0.05, 0) is 24.6 Å². The summed E-state index contributed by atoms with van der Waals surface area (Å²) in [7, 11) is -4.70. The molecule has 0 aliphatic heterocycles. The average molecular weight is 349 g/mol. The van der Waals surface area contributed by atoms with E-state index in [2.05, 4.69) is 13.9 Å². The normalized spacial score (nSPS) is 12.2. The van der Waals surface area contributed by atoms with Crippen molar-refractivity contribution in [2.45, 2.75) is 12.4 Å². The van der Waals surface area contributed by atoms with Gasteiger partial charge in [-0.25, -0.2) is 4.79 Å². The highest BCUT2D eigenvalue weighted by Crippen LogP contribution is 2.32. The highest BCUT2D eigenvalue weighted by molar-refractivity contribution is 7.88. The van der Waals surface area contributed by atoms with Crippen LogP contribution < -0.4 is 4.18 Å². The van der Waals surface area contributed by atoms with E-state index >= 15 is 0 Å². The lowest BCUT2D eigenvalue weighted by Crippen LogP contribution is -2.28. The van der Waals surface area contributed by atoms with Gasteiger partial charge in [-0.1, -0.05) is 0 Å². The van der Waals surface area contributed by atoms with Gasteiger partial charge in [-0.2, -0.15) is 21.6 Å². The van der Waals surface area contributed by atoms with Gasteiger partial charge in [-0.15, -0.1) is 0 Å². The van der Waals surface area contributed by atoms with Gasteiger partial charge in [0.05, 0.1) is 18.2 Å². The highest BCUT2D eigenvalue weighted by atomic mass is 32.2. The van der Waals surface area contributed by atoms with Crippen molar-refractivity contribution in [3.05, 3.63) is 35.5 Å². The van der Waals surface area contributed by atoms with Crippen LogP contribution in [0, 0.1) is 6.92 Å². The molecule has 23 heavy (non-hydrogen) atoms. The van der Waals surface area contributed by atoms with Crippen molar-refractivity contribution in [3.8, 4) is 5.75 Å². The second kappa shape index (κ2) is 5.69. The van der Waals surface area contributed by atoms with E-state index in [1.54, 1.807) is 6.92 Å². The fourth-order valence-corrected chi connectivity index (χ4v) is 2.36. The summed E-state index contributed by atoms with van der Waals surface area (Å²) >= 11 is 0. The number of aromatic nitrogens is 1. The number of carbonyl (C=O) groups is 1. The molecule has 0 spiro atoms. The molecule has 0 amide bonds. The molecule has 0 saturated carbocycles. The van der Waals surface area contributed by atoms with Crippen LogP contribution in [0.15, 0.2) is 24.4 Å². The molecule has 0 fully saturated rings. The van der Waals surface area contributed by atoms with Gasteiger partial charge in [0.25, 0.3) is 0 Å². The number of hydrogen-bond donors (Lipinski definition) is 0. The summed E-state index contributed by atoms with van der Waals surface area (Å²) in [5, 5.41) is -0.0549.